The number of aryl methyl sites for hydroxylation is 1. The van der Waals surface area contributed by atoms with Crippen molar-refractivity contribution >= 4 is 5.91 Å². The van der Waals surface area contributed by atoms with Gasteiger partial charge in [0.2, 0.25) is 0 Å². The van der Waals surface area contributed by atoms with E-state index >= 15 is 0 Å². The van der Waals surface area contributed by atoms with Crippen LogP contribution in [0.25, 0.3) is 0 Å². The van der Waals surface area contributed by atoms with Crippen molar-refractivity contribution in [1.29, 1.82) is 0 Å². The molecule has 0 N–H and O–H groups in total. The molecule has 0 aliphatic carbocycles. The number of likely N-dealkylation sites (tertiary alicyclic amines) is 1. The van der Waals surface area contributed by atoms with E-state index in [2.05, 4.69) is 15.1 Å². The predicted octanol–water partition coefficient (Wildman–Crippen LogP) is 2.19. The van der Waals surface area contributed by atoms with Gasteiger partial charge in [-0.25, -0.2) is 9.97 Å². The third-order valence-corrected chi connectivity index (χ3v) is 4.03. The van der Waals surface area contributed by atoms with Crippen LogP contribution in [0.5, 0.6) is 0 Å². The molecule has 3 heterocycles. The Morgan fingerprint density at radius 1 is 1.32 bits per heavy atom. The number of hydrogen-bond donors (Lipinski definition) is 0. The summed E-state index contributed by atoms with van der Waals surface area (Å²) in [7, 11) is 0. The van der Waals surface area contributed by atoms with Crippen molar-refractivity contribution in [2.45, 2.75) is 39.2 Å². The van der Waals surface area contributed by atoms with Crippen LogP contribution in [0.4, 0.5) is 0 Å². The highest BCUT2D eigenvalue weighted by atomic mass is 16.2. The monoisotopic (exact) mass is 299 g/mol. The van der Waals surface area contributed by atoms with Crippen molar-refractivity contribution in [3.8, 4) is 0 Å². The summed E-state index contributed by atoms with van der Waals surface area (Å²) in [6, 6.07) is 3.86. The van der Waals surface area contributed by atoms with Crippen molar-refractivity contribution in [2.75, 3.05) is 13.1 Å². The predicted molar refractivity (Wildman–Crippen MR) is 82.6 cm³/mol. The minimum Gasteiger partial charge on any atom is -0.337 e. The standard InChI is InChI=1S/C16H21N5O/c1-11(2)21-14(5-8-18-21)16(22)20-9-6-13(10-20)15-17-7-4-12(3)19-15/h4-5,7-8,11,13H,6,9-10H2,1-3H3/t13-/m0/s1. The molecule has 1 fully saturated rings. The second kappa shape index (κ2) is 5.87. The van der Waals surface area contributed by atoms with Gasteiger partial charge in [0, 0.05) is 43.1 Å². The van der Waals surface area contributed by atoms with Gasteiger partial charge in [0.05, 0.1) is 0 Å². The van der Waals surface area contributed by atoms with Gasteiger partial charge in [-0.15, -0.1) is 0 Å². The number of carbonyl (C=O) groups is 1. The Balaban J connectivity index is 1.75. The Hall–Kier alpha value is -2.24. The molecular weight excluding hydrogens is 278 g/mol. The van der Waals surface area contributed by atoms with Gasteiger partial charge >= 0.3 is 0 Å². The molecule has 0 radical (unpaired) electrons. The summed E-state index contributed by atoms with van der Waals surface area (Å²) in [5.41, 5.74) is 1.62. The summed E-state index contributed by atoms with van der Waals surface area (Å²) < 4.78 is 1.78. The lowest BCUT2D eigenvalue weighted by Gasteiger charge is -2.18. The highest BCUT2D eigenvalue weighted by molar-refractivity contribution is 5.92. The van der Waals surface area contributed by atoms with Crippen LogP contribution in [-0.4, -0.2) is 43.6 Å². The quantitative estimate of drug-likeness (QED) is 0.871. The van der Waals surface area contributed by atoms with Crippen LogP contribution in [0.15, 0.2) is 24.5 Å². The third-order valence-electron chi connectivity index (χ3n) is 4.03. The van der Waals surface area contributed by atoms with E-state index in [0.717, 1.165) is 24.5 Å². The van der Waals surface area contributed by atoms with Crippen LogP contribution in [-0.2, 0) is 0 Å². The summed E-state index contributed by atoms with van der Waals surface area (Å²) in [4.78, 5) is 23.4. The Labute approximate surface area is 130 Å². The van der Waals surface area contributed by atoms with Crippen LogP contribution < -0.4 is 0 Å². The van der Waals surface area contributed by atoms with Crippen LogP contribution in [0, 0.1) is 6.92 Å². The minimum atomic E-state index is 0.0429. The lowest BCUT2D eigenvalue weighted by Crippen LogP contribution is -2.31. The van der Waals surface area contributed by atoms with E-state index in [4.69, 9.17) is 0 Å². The lowest BCUT2D eigenvalue weighted by atomic mass is 10.1. The molecule has 6 heteroatoms. The molecule has 2 aromatic rings. The fraction of sp³-hybridized carbons (Fsp3) is 0.500. The van der Waals surface area contributed by atoms with Crippen molar-refractivity contribution < 1.29 is 4.79 Å². The van der Waals surface area contributed by atoms with Gasteiger partial charge in [0.15, 0.2) is 0 Å². The molecule has 1 atom stereocenters. The van der Waals surface area contributed by atoms with Crippen LogP contribution in [0.2, 0.25) is 0 Å². The molecule has 1 amide bonds. The Morgan fingerprint density at radius 3 is 2.86 bits per heavy atom. The van der Waals surface area contributed by atoms with Crippen molar-refractivity contribution in [3.63, 3.8) is 0 Å². The van der Waals surface area contributed by atoms with E-state index in [-0.39, 0.29) is 17.9 Å². The van der Waals surface area contributed by atoms with Gasteiger partial charge in [0.25, 0.3) is 5.91 Å². The minimum absolute atomic E-state index is 0.0429. The fourth-order valence-corrected chi connectivity index (χ4v) is 2.88. The summed E-state index contributed by atoms with van der Waals surface area (Å²) in [5.74, 6) is 1.10. The number of aromatic nitrogens is 4. The van der Waals surface area contributed by atoms with Crippen molar-refractivity contribution in [1.82, 2.24) is 24.6 Å². The Bertz CT molecular complexity index is 679. The first-order valence-corrected chi connectivity index (χ1v) is 7.68. The Morgan fingerprint density at radius 2 is 2.14 bits per heavy atom. The van der Waals surface area contributed by atoms with Gasteiger partial charge in [-0.3, -0.25) is 9.48 Å². The van der Waals surface area contributed by atoms with Gasteiger partial charge < -0.3 is 4.90 Å². The number of hydrogen-bond acceptors (Lipinski definition) is 4. The van der Waals surface area contributed by atoms with Crippen molar-refractivity contribution in [2.24, 2.45) is 0 Å². The van der Waals surface area contributed by atoms with Crippen LogP contribution in [0.1, 0.15) is 54.2 Å². The summed E-state index contributed by atoms with van der Waals surface area (Å²) >= 11 is 0. The molecule has 2 aromatic heterocycles. The van der Waals surface area contributed by atoms with Gasteiger partial charge in [0.1, 0.15) is 11.5 Å². The lowest BCUT2D eigenvalue weighted by molar-refractivity contribution is 0.0776. The zero-order valence-electron chi connectivity index (χ0n) is 13.2. The van der Waals surface area contributed by atoms with Crippen molar-refractivity contribution in [3.05, 3.63) is 41.7 Å². The highest BCUT2D eigenvalue weighted by Gasteiger charge is 2.31. The first-order valence-electron chi connectivity index (χ1n) is 7.68. The number of carbonyl (C=O) groups excluding carboxylic acids is 1. The second-order valence-corrected chi connectivity index (χ2v) is 6.05. The number of nitrogens with zero attached hydrogens (tertiary/aromatic N) is 5. The molecule has 1 aliphatic rings. The van der Waals surface area contributed by atoms with Gasteiger partial charge in [-0.1, -0.05) is 0 Å². The van der Waals surface area contributed by atoms with E-state index in [1.54, 1.807) is 23.1 Å². The highest BCUT2D eigenvalue weighted by Crippen LogP contribution is 2.26. The summed E-state index contributed by atoms with van der Waals surface area (Å²) in [5, 5.41) is 4.24. The van der Waals surface area contributed by atoms with Crippen LogP contribution in [0.3, 0.4) is 0 Å². The van der Waals surface area contributed by atoms with Crippen LogP contribution >= 0.6 is 0 Å². The molecule has 6 nitrogen and oxygen atoms in total. The fourth-order valence-electron chi connectivity index (χ4n) is 2.88. The molecule has 0 aromatic carbocycles. The molecule has 1 aliphatic heterocycles. The topological polar surface area (TPSA) is 63.9 Å². The maximum Gasteiger partial charge on any atom is 0.272 e. The third kappa shape index (κ3) is 2.73. The van der Waals surface area contributed by atoms with E-state index in [1.165, 1.54) is 0 Å². The second-order valence-electron chi connectivity index (χ2n) is 6.05. The average molecular weight is 299 g/mol. The van der Waals surface area contributed by atoms with E-state index in [0.29, 0.717) is 12.2 Å². The largest absolute Gasteiger partial charge is 0.337 e. The zero-order valence-corrected chi connectivity index (χ0v) is 13.2. The molecule has 0 unspecified atom stereocenters. The molecule has 0 saturated carbocycles. The van der Waals surface area contributed by atoms with Gasteiger partial charge in [-0.05, 0) is 39.3 Å². The molecule has 0 spiro atoms. The smallest absolute Gasteiger partial charge is 0.272 e. The summed E-state index contributed by atoms with van der Waals surface area (Å²) in [6.45, 7) is 7.42. The molecule has 3 rings (SSSR count). The first kappa shape index (κ1) is 14.7. The molecule has 0 bridgehead atoms. The van der Waals surface area contributed by atoms with E-state index in [1.807, 2.05) is 31.7 Å². The maximum atomic E-state index is 12.7. The maximum absolute atomic E-state index is 12.7. The molecular formula is C16H21N5O. The summed E-state index contributed by atoms with van der Waals surface area (Å²) in [6.07, 6.45) is 4.38. The zero-order chi connectivity index (χ0) is 15.7. The SMILES string of the molecule is Cc1ccnc([C@H]2CCN(C(=O)c3ccnn3C(C)C)C2)n1. The molecule has 116 valence electrons. The number of amides is 1. The molecule has 1 saturated heterocycles. The van der Waals surface area contributed by atoms with E-state index < -0.39 is 0 Å². The normalized spacial score (nSPS) is 18.2. The first-order chi connectivity index (χ1) is 10.6. The Kier molecular flexibility index (Phi) is 3.92. The molecule has 22 heavy (non-hydrogen) atoms. The van der Waals surface area contributed by atoms with Gasteiger partial charge in [-0.2, -0.15) is 5.10 Å². The van der Waals surface area contributed by atoms with E-state index in [9.17, 15) is 4.79 Å². The number of rotatable bonds is 3. The average Bonchev–Trinajstić information content (AvgIpc) is 3.16.